The van der Waals surface area contributed by atoms with Gasteiger partial charge in [0, 0.05) is 22.9 Å². The second-order valence-corrected chi connectivity index (χ2v) is 11.4. The molecule has 1 aliphatic rings. The topological polar surface area (TPSA) is 71.3 Å². The summed E-state index contributed by atoms with van der Waals surface area (Å²) in [7, 11) is 0. The number of nitrogens with one attached hydrogen (secondary N) is 1. The van der Waals surface area contributed by atoms with Crippen molar-refractivity contribution in [3.05, 3.63) is 66.1 Å². The molecule has 7 heteroatoms. The normalized spacial score (nSPS) is 15.3. The van der Waals surface area contributed by atoms with Crippen LogP contribution in [0.3, 0.4) is 0 Å². The van der Waals surface area contributed by atoms with Gasteiger partial charge in [-0.1, -0.05) is 68.4 Å². The predicted molar refractivity (Wildman–Crippen MR) is 141 cm³/mol. The molecule has 1 aromatic heterocycles. The van der Waals surface area contributed by atoms with E-state index in [1.54, 1.807) is 0 Å². The van der Waals surface area contributed by atoms with Crippen molar-refractivity contribution < 1.29 is 9.32 Å². The highest BCUT2D eigenvalue weighted by Crippen LogP contribution is 2.25. The number of piperidine rings is 1. The average Bonchev–Trinajstić information content (AvgIpc) is 3.33. The summed E-state index contributed by atoms with van der Waals surface area (Å²) < 4.78 is 5.52. The first-order valence-corrected chi connectivity index (χ1v) is 13.5. The Morgan fingerprint density at radius 2 is 1.80 bits per heavy atom. The number of thioether (sulfide) groups is 1. The van der Waals surface area contributed by atoms with E-state index >= 15 is 0 Å². The van der Waals surface area contributed by atoms with Crippen LogP contribution in [0.5, 0.6) is 0 Å². The van der Waals surface area contributed by atoms with Crippen LogP contribution in [0, 0.1) is 5.92 Å². The molecule has 1 aliphatic heterocycles. The van der Waals surface area contributed by atoms with Crippen LogP contribution >= 0.6 is 11.8 Å². The Kier molecular flexibility index (Phi) is 8.63. The fourth-order valence-corrected chi connectivity index (χ4v) is 5.11. The highest BCUT2D eigenvalue weighted by molar-refractivity contribution is 7.99. The second-order valence-electron chi connectivity index (χ2n) is 10.2. The lowest BCUT2D eigenvalue weighted by atomic mass is 9.87. The van der Waals surface area contributed by atoms with Crippen molar-refractivity contribution in [3.63, 3.8) is 0 Å². The molecule has 0 radical (unpaired) electrons. The molecule has 0 atom stereocenters. The summed E-state index contributed by atoms with van der Waals surface area (Å²) in [5.74, 6) is 2.54. The van der Waals surface area contributed by atoms with Gasteiger partial charge in [0.15, 0.2) is 0 Å². The van der Waals surface area contributed by atoms with Crippen LogP contribution in [-0.2, 0) is 16.8 Å². The van der Waals surface area contributed by atoms with Gasteiger partial charge in [0.05, 0.1) is 6.54 Å². The zero-order chi connectivity index (χ0) is 24.7. The van der Waals surface area contributed by atoms with Crippen molar-refractivity contribution in [2.75, 3.05) is 25.4 Å². The van der Waals surface area contributed by atoms with Gasteiger partial charge < -0.3 is 9.84 Å². The number of carbonyl (C=O) groups is 1. The molecule has 2 heterocycles. The monoisotopic (exact) mass is 492 g/mol. The number of likely N-dealkylation sites (tertiary alicyclic amines) is 1. The third-order valence-electron chi connectivity index (χ3n) is 6.43. The van der Waals surface area contributed by atoms with Crippen LogP contribution in [0.15, 0.2) is 64.0 Å². The molecular weight excluding hydrogens is 456 g/mol. The molecule has 0 aliphatic carbocycles. The Labute approximate surface area is 212 Å². The summed E-state index contributed by atoms with van der Waals surface area (Å²) in [5, 5.41) is 7.30. The molecule has 35 heavy (non-hydrogen) atoms. The van der Waals surface area contributed by atoms with Crippen LogP contribution in [-0.4, -0.2) is 46.3 Å². The molecule has 0 unspecified atom stereocenters. The standard InChI is InChI=1S/C28H36N4O2S/c1-28(2,3)23-12-10-21(11-13-23)26-30-25(34-31-26)20-32-17-14-22(15-18-32)27(33)29-16-7-19-35-24-8-5-4-6-9-24/h4-6,8-13,22H,7,14-20H2,1-3H3,(H,29,33). The lowest BCUT2D eigenvalue weighted by Gasteiger charge is -2.30. The van der Waals surface area contributed by atoms with Crippen LogP contribution in [0.4, 0.5) is 0 Å². The van der Waals surface area contributed by atoms with Crippen molar-refractivity contribution in [2.24, 2.45) is 5.92 Å². The van der Waals surface area contributed by atoms with Gasteiger partial charge >= 0.3 is 0 Å². The first-order valence-electron chi connectivity index (χ1n) is 12.5. The van der Waals surface area contributed by atoms with Gasteiger partial charge in [-0.25, -0.2) is 0 Å². The maximum absolute atomic E-state index is 12.6. The maximum Gasteiger partial charge on any atom is 0.241 e. The SMILES string of the molecule is CC(C)(C)c1ccc(-c2noc(CN3CCC(C(=O)NCCCSc4ccccc4)CC3)n2)cc1. The Morgan fingerprint density at radius 1 is 1.09 bits per heavy atom. The summed E-state index contributed by atoms with van der Waals surface area (Å²) in [4.78, 5) is 20.7. The number of carbonyl (C=O) groups excluding carboxylic acids is 1. The van der Waals surface area contributed by atoms with Crippen molar-refractivity contribution in [2.45, 2.75) is 56.9 Å². The minimum Gasteiger partial charge on any atom is -0.356 e. The van der Waals surface area contributed by atoms with E-state index in [0.29, 0.717) is 18.3 Å². The molecule has 0 bridgehead atoms. The number of aromatic nitrogens is 2. The third kappa shape index (κ3) is 7.42. The lowest BCUT2D eigenvalue weighted by Crippen LogP contribution is -2.40. The van der Waals surface area contributed by atoms with Gasteiger partial charge in [-0.3, -0.25) is 9.69 Å². The van der Waals surface area contributed by atoms with E-state index in [9.17, 15) is 4.79 Å². The van der Waals surface area contributed by atoms with E-state index < -0.39 is 0 Å². The van der Waals surface area contributed by atoms with Crippen LogP contribution in [0.25, 0.3) is 11.4 Å². The summed E-state index contributed by atoms with van der Waals surface area (Å²) in [6.07, 6.45) is 2.70. The molecule has 1 amide bonds. The number of nitrogens with zero attached hydrogens (tertiary/aromatic N) is 3. The van der Waals surface area contributed by atoms with Crippen molar-refractivity contribution in [3.8, 4) is 11.4 Å². The number of benzene rings is 2. The third-order valence-corrected chi connectivity index (χ3v) is 7.53. The Balaban J connectivity index is 1.16. The van der Waals surface area contributed by atoms with E-state index in [4.69, 9.17) is 4.52 Å². The fourth-order valence-electron chi connectivity index (χ4n) is 4.24. The summed E-state index contributed by atoms with van der Waals surface area (Å²) >= 11 is 1.83. The van der Waals surface area contributed by atoms with Crippen LogP contribution in [0.1, 0.15) is 51.5 Å². The first kappa shape index (κ1) is 25.5. The number of hydrogen-bond acceptors (Lipinski definition) is 6. The lowest BCUT2D eigenvalue weighted by molar-refractivity contribution is -0.126. The Hall–Kier alpha value is -2.64. The number of rotatable bonds is 9. The minimum absolute atomic E-state index is 0.0904. The summed E-state index contributed by atoms with van der Waals surface area (Å²) in [5.41, 5.74) is 2.36. The molecule has 1 saturated heterocycles. The summed E-state index contributed by atoms with van der Waals surface area (Å²) in [6.45, 7) is 9.69. The van der Waals surface area contributed by atoms with Gasteiger partial charge in [-0.15, -0.1) is 11.8 Å². The van der Waals surface area contributed by atoms with E-state index in [-0.39, 0.29) is 17.2 Å². The van der Waals surface area contributed by atoms with Crippen LogP contribution < -0.4 is 5.32 Å². The van der Waals surface area contributed by atoms with Gasteiger partial charge in [0.1, 0.15) is 0 Å². The van der Waals surface area contributed by atoms with E-state index in [1.165, 1.54) is 10.5 Å². The number of hydrogen-bond donors (Lipinski definition) is 1. The van der Waals surface area contributed by atoms with Gasteiger partial charge in [-0.05, 0) is 61.2 Å². The van der Waals surface area contributed by atoms with Gasteiger partial charge in [0.25, 0.3) is 0 Å². The Morgan fingerprint density at radius 3 is 2.49 bits per heavy atom. The van der Waals surface area contributed by atoms with E-state index in [2.05, 4.69) is 89.7 Å². The van der Waals surface area contributed by atoms with Crippen molar-refractivity contribution in [1.29, 1.82) is 0 Å². The first-order chi connectivity index (χ1) is 16.9. The predicted octanol–water partition coefficient (Wildman–Crippen LogP) is 5.54. The highest BCUT2D eigenvalue weighted by Gasteiger charge is 2.26. The molecule has 1 fully saturated rings. The molecule has 0 spiro atoms. The van der Waals surface area contributed by atoms with E-state index in [1.807, 2.05) is 17.8 Å². The largest absolute Gasteiger partial charge is 0.356 e. The molecule has 3 aromatic rings. The second kappa shape index (κ2) is 11.9. The minimum atomic E-state index is 0.0904. The molecule has 1 N–H and O–H groups in total. The summed E-state index contributed by atoms with van der Waals surface area (Å²) in [6, 6.07) is 18.7. The molecule has 2 aromatic carbocycles. The molecule has 4 rings (SSSR count). The molecule has 186 valence electrons. The zero-order valence-corrected chi connectivity index (χ0v) is 21.8. The molecular formula is C28H36N4O2S. The zero-order valence-electron chi connectivity index (χ0n) is 21.0. The number of amides is 1. The smallest absolute Gasteiger partial charge is 0.241 e. The van der Waals surface area contributed by atoms with Crippen LogP contribution in [0.2, 0.25) is 0 Å². The Bertz CT molecular complexity index is 1070. The van der Waals surface area contributed by atoms with Gasteiger partial charge in [-0.2, -0.15) is 4.98 Å². The maximum atomic E-state index is 12.6. The molecule has 6 nitrogen and oxygen atoms in total. The fraction of sp³-hybridized carbons (Fsp3) is 0.464. The van der Waals surface area contributed by atoms with Gasteiger partial charge in [0.2, 0.25) is 17.6 Å². The molecule has 0 saturated carbocycles. The quantitative estimate of drug-likeness (QED) is 0.312. The van der Waals surface area contributed by atoms with Crippen molar-refractivity contribution in [1.82, 2.24) is 20.4 Å². The van der Waals surface area contributed by atoms with E-state index in [0.717, 1.165) is 50.2 Å². The highest BCUT2D eigenvalue weighted by atomic mass is 32.2. The van der Waals surface area contributed by atoms with Crippen molar-refractivity contribution >= 4 is 17.7 Å². The average molecular weight is 493 g/mol.